The van der Waals surface area contributed by atoms with Crippen molar-refractivity contribution >= 4 is 11.8 Å². The highest BCUT2D eigenvalue weighted by Gasteiger charge is 2.20. The Kier molecular flexibility index (Phi) is 7.68. The van der Waals surface area contributed by atoms with Gasteiger partial charge in [0.25, 0.3) is 5.91 Å². The van der Waals surface area contributed by atoms with Crippen LogP contribution >= 0.6 is 0 Å². The van der Waals surface area contributed by atoms with Crippen LogP contribution in [0.3, 0.4) is 0 Å². The molecular weight excluding hydrogens is 308 g/mol. The number of piperazine rings is 1. The summed E-state index contributed by atoms with van der Waals surface area (Å²) in [5, 5.41) is 20.9. The lowest BCUT2D eigenvalue weighted by Crippen LogP contribution is -2.46. The first-order valence-corrected chi connectivity index (χ1v) is 8.53. The first-order valence-electron chi connectivity index (χ1n) is 8.53. The van der Waals surface area contributed by atoms with Crippen molar-refractivity contribution in [3.63, 3.8) is 0 Å². The first kappa shape index (κ1) is 18.4. The second-order valence-electron chi connectivity index (χ2n) is 6.05. The molecule has 0 radical (unpaired) electrons. The average molecular weight is 334 g/mol. The van der Waals surface area contributed by atoms with Crippen LogP contribution in [-0.4, -0.2) is 69.1 Å². The number of carbonyl (C=O) groups is 2. The minimum absolute atomic E-state index is 0.0572. The van der Waals surface area contributed by atoms with Gasteiger partial charge in [-0.05, 0) is 25.9 Å². The number of nitrogens with one attached hydrogen (secondary N) is 4. The fourth-order valence-electron chi connectivity index (χ4n) is 2.85. The third kappa shape index (κ3) is 5.92. The highest BCUT2D eigenvalue weighted by atomic mass is 16.2. The van der Waals surface area contributed by atoms with Gasteiger partial charge in [0, 0.05) is 51.4 Å². The van der Waals surface area contributed by atoms with Gasteiger partial charge in [-0.25, -0.2) is 0 Å². The Hall–Kier alpha value is -1.95. The molecule has 0 aromatic heterocycles. The van der Waals surface area contributed by atoms with E-state index >= 15 is 0 Å². The van der Waals surface area contributed by atoms with Crippen molar-refractivity contribution in [2.75, 3.05) is 52.4 Å². The Morgan fingerprint density at radius 1 is 1.17 bits per heavy atom. The quantitative estimate of drug-likeness (QED) is 0.349. The van der Waals surface area contributed by atoms with Crippen LogP contribution in [0.5, 0.6) is 0 Å². The van der Waals surface area contributed by atoms with E-state index < -0.39 is 5.91 Å². The Balaban J connectivity index is 1.73. The van der Waals surface area contributed by atoms with E-state index in [0.29, 0.717) is 6.54 Å². The van der Waals surface area contributed by atoms with Crippen molar-refractivity contribution in [3.05, 3.63) is 11.8 Å². The number of rotatable bonds is 6. The van der Waals surface area contributed by atoms with Gasteiger partial charge in [-0.15, -0.1) is 0 Å². The van der Waals surface area contributed by atoms with Crippen LogP contribution in [0.25, 0.3) is 0 Å². The van der Waals surface area contributed by atoms with Crippen molar-refractivity contribution in [1.82, 2.24) is 26.2 Å². The van der Waals surface area contributed by atoms with E-state index in [1.54, 1.807) is 0 Å². The molecule has 4 N–H and O–H groups in total. The third-order valence-corrected chi connectivity index (χ3v) is 4.36. The Morgan fingerprint density at radius 3 is 2.50 bits per heavy atom. The fourth-order valence-corrected chi connectivity index (χ4v) is 2.85. The van der Waals surface area contributed by atoms with E-state index in [4.69, 9.17) is 5.26 Å². The van der Waals surface area contributed by atoms with Crippen molar-refractivity contribution in [2.45, 2.75) is 12.8 Å². The predicted molar refractivity (Wildman–Crippen MR) is 89.8 cm³/mol. The zero-order valence-corrected chi connectivity index (χ0v) is 13.9. The van der Waals surface area contributed by atoms with E-state index in [1.807, 2.05) is 6.07 Å². The van der Waals surface area contributed by atoms with Crippen LogP contribution in [-0.2, 0) is 9.59 Å². The van der Waals surface area contributed by atoms with E-state index in [2.05, 4.69) is 26.2 Å². The zero-order valence-electron chi connectivity index (χ0n) is 13.9. The molecule has 0 unspecified atom stereocenters. The molecule has 0 bridgehead atoms. The molecule has 2 fully saturated rings. The standard InChI is InChI=1S/C16H26N6O2/c17-11-14(12-21-15(23)13-1-3-18-4-2-13)16(24)20-7-10-22-8-5-19-6-9-22/h12-13,18-19H,1-10H2,(H,20,24)(H,21,23)/b14-12-. The zero-order chi connectivity index (χ0) is 17.2. The number of amides is 2. The molecule has 0 aromatic carbocycles. The molecule has 2 aliphatic heterocycles. The lowest BCUT2D eigenvalue weighted by molar-refractivity contribution is -0.124. The van der Waals surface area contributed by atoms with Gasteiger partial charge in [0.05, 0.1) is 0 Å². The molecule has 2 heterocycles. The summed E-state index contributed by atoms with van der Waals surface area (Å²) in [5.41, 5.74) is -0.0717. The van der Waals surface area contributed by atoms with Gasteiger partial charge in [-0.3, -0.25) is 14.5 Å². The Labute approximate surface area is 142 Å². The number of hydrogen-bond donors (Lipinski definition) is 4. The molecule has 2 amide bonds. The first-order chi connectivity index (χ1) is 11.7. The van der Waals surface area contributed by atoms with Crippen molar-refractivity contribution in [3.8, 4) is 6.07 Å². The van der Waals surface area contributed by atoms with Gasteiger partial charge in [0.2, 0.25) is 5.91 Å². The third-order valence-electron chi connectivity index (χ3n) is 4.36. The van der Waals surface area contributed by atoms with Crippen LogP contribution in [0, 0.1) is 17.2 Å². The summed E-state index contributed by atoms with van der Waals surface area (Å²) in [6, 6.07) is 1.85. The fraction of sp³-hybridized carbons (Fsp3) is 0.688. The summed E-state index contributed by atoms with van der Waals surface area (Å²) >= 11 is 0. The van der Waals surface area contributed by atoms with Gasteiger partial charge in [0.1, 0.15) is 11.6 Å². The molecular formula is C16H26N6O2. The lowest BCUT2D eigenvalue weighted by Gasteiger charge is -2.27. The topological polar surface area (TPSA) is 109 Å². The monoisotopic (exact) mass is 334 g/mol. The summed E-state index contributed by atoms with van der Waals surface area (Å²) in [6.07, 6.45) is 2.78. The maximum Gasteiger partial charge on any atom is 0.263 e. The minimum atomic E-state index is -0.446. The molecule has 132 valence electrons. The van der Waals surface area contributed by atoms with E-state index in [1.165, 1.54) is 6.20 Å². The largest absolute Gasteiger partial charge is 0.350 e. The normalized spacial score (nSPS) is 20.2. The molecule has 0 spiro atoms. The number of carbonyl (C=O) groups excluding carboxylic acids is 2. The molecule has 0 aromatic rings. The Morgan fingerprint density at radius 2 is 1.83 bits per heavy atom. The van der Waals surface area contributed by atoms with Gasteiger partial charge in [0.15, 0.2) is 0 Å². The molecule has 0 saturated carbocycles. The van der Waals surface area contributed by atoms with Crippen LogP contribution in [0.15, 0.2) is 11.8 Å². The highest BCUT2D eigenvalue weighted by Crippen LogP contribution is 2.11. The molecule has 24 heavy (non-hydrogen) atoms. The maximum atomic E-state index is 12.0. The van der Waals surface area contributed by atoms with Crippen LogP contribution < -0.4 is 21.3 Å². The van der Waals surface area contributed by atoms with Crippen molar-refractivity contribution in [2.24, 2.45) is 5.92 Å². The molecule has 0 aliphatic carbocycles. The molecule has 8 heteroatoms. The van der Waals surface area contributed by atoms with Crippen molar-refractivity contribution < 1.29 is 9.59 Å². The van der Waals surface area contributed by atoms with Crippen LogP contribution in [0.1, 0.15) is 12.8 Å². The minimum Gasteiger partial charge on any atom is -0.350 e. The van der Waals surface area contributed by atoms with E-state index in [-0.39, 0.29) is 17.4 Å². The van der Waals surface area contributed by atoms with Gasteiger partial charge >= 0.3 is 0 Å². The van der Waals surface area contributed by atoms with E-state index in [0.717, 1.165) is 58.7 Å². The molecule has 2 rings (SSSR count). The van der Waals surface area contributed by atoms with Crippen LogP contribution in [0.2, 0.25) is 0 Å². The summed E-state index contributed by atoms with van der Waals surface area (Å²) in [7, 11) is 0. The summed E-state index contributed by atoms with van der Waals surface area (Å²) in [4.78, 5) is 26.3. The summed E-state index contributed by atoms with van der Waals surface area (Å²) < 4.78 is 0. The number of hydrogen-bond acceptors (Lipinski definition) is 6. The second kappa shape index (κ2) is 10.0. The Bertz CT molecular complexity index is 501. The second-order valence-corrected chi connectivity index (χ2v) is 6.05. The SMILES string of the molecule is N#C/C(=C/NC(=O)C1CCNCC1)C(=O)NCCN1CCNCC1. The van der Waals surface area contributed by atoms with E-state index in [9.17, 15) is 9.59 Å². The predicted octanol–water partition coefficient (Wildman–Crippen LogP) is -1.47. The summed E-state index contributed by atoms with van der Waals surface area (Å²) in [5.74, 6) is -0.630. The number of piperidine rings is 1. The lowest BCUT2D eigenvalue weighted by atomic mass is 9.97. The molecule has 2 saturated heterocycles. The average Bonchev–Trinajstić information content (AvgIpc) is 2.63. The molecule has 2 aliphatic rings. The molecule has 8 nitrogen and oxygen atoms in total. The smallest absolute Gasteiger partial charge is 0.263 e. The van der Waals surface area contributed by atoms with Crippen LogP contribution in [0.4, 0.5) is 0 Å². The van der Waals surface area contributed by atoms with Gasteiger partial charge in [-0.2, -0.15) is 5.26 Å². The number of nitriles is 1. The summed E-state index contributed by atoms with van der Waals surface area (Å²) in [6.45, 7) is 6.72. The molecule has 0 atom stereocenters. The van der Waals surface area contributed by atoms with Gasteiger partial charge < -0.3 is 21.3 Å². The maximum absolute atomic E-state index is 12.0. The number of nitrogens with zero attached hydrogens (tertiary/aromatic N) is 2. The van der Waals surface area contributed by atoms with Gasteiger partial charge in [-0.1, -0.05) is 0 Å². The highest BCUT2D eigenvalue weighted by molar-refractivity contribution is 5.97. The van der Waals surface area contributed by atoms with Crippen molar-refractivity contribution in [1.29, 1.82) is 5.26 Å².